The molecule has 0 unspecified atom stereocenters. The van der Waals surface area contributed by atoms with Gasteiger partial charge in [-0.2, -0.15) is 0 Å². The average molecular weight is 982 g/mol. The van der Waals surface area contributed by atoms with Gasteiger partial charge in [0.2, 0.25) is 17.7 Å². The Morgan fingerprint density at radius 3 is 1.86 bits per heavy atom. The van der Waals surface area contributed by atoms with Gasteiger partial charge in [0.05, 0.1) is 19.0 Å². The number of aliphatic carboxylic acids is 3. The molecule has 2 aliphatic heterocycles. The van der Waals surface area contributed by atoms with Crippen molar-refractivity contribution in [2.24, 2.45) is 16.5 Å². The van der Waals surface area contributed by atoms with Gasteiger partial charge in [-0.05, 0) is 81.2 Å². The average Bonchev–Trinajstić information content (AvgIpc) is 3.83. The van der Waals surface area contributed by atoms with E-state index in [1.807, 2.05) is 0 Å². The topological polar surface area (TPSA) is 363 Å². The summed E-state index contributed by atoms with van der Waals surface area (Å²) in [6.07, 6.45) is 2.88. The molecule has 0 radical (unpaired) electrons. The van der Waals surface area contributed by atoms with E-state index in [1.165, 1.54) is 17.9 Å². The van der Waals surface area contributed by atoms with Crippen molar-refractivity contribution in [3.63, 3.8) is 0 Å². The molecule has 13 N–H and O–H groups in total. The van der Waals surface area contributed by atoms with Crippen LogP contribution in [0.4, 0.5) is 0 Å². The van der Waals surface area contributed by atoms with Crippen molar-refractivity contribution in [1.29, 1.82) is 0 Å². The second kappa shape index (κ2) is 28.3. The van der Waals surface area contributed by atoms with Crippen molar-refractivity contribution in [2.75, 3.05) is 78.5 Å². The highest BCUT2D eigenvalue weighted by molar-refractivity contribution is 6.43. The summed E-state index contributed by atoms with van der Waals surface area (Å²) in [5.74, 6) is -6.61. The van der Waals surface area contributed by atoms with Gasteiger partial charge < -0.3 is 63.0 Å². The summed E-state index contributed by atoms with van der Waals surface area (Å²) in [4.78, 5) is 112. The molecule has 4 rings (SSSR count). The monoisotopic (exact) mass is 982 g/mol. The van der Waals surface area contributed by atoms with Crippen LogP contribution in [0.2, 0.25) is 0 Å². The molecule has 0 aromatic heterocycles. The third-order valence-corrected chi connectivity index (χ3v) is 12.3. The largest absolute Gasteiger partial charge is 0.480 e. The zero-order chi connectivity index (χ0) is 51.3. The summed E-state index contributed by atoms with van der Waals surface area (Å²) in [7, 11) is -1.68. The van der Waals surface area contributed by atoms with E-state index in [0.717, 1.165) is 0 Å². The minimum absolute atomic E-state index is 0.135. The highest BCUT2D eigenvalue weighted by Crippen LogP contribution is 2.24. The molecular formula is C45H68BN11O13. The van der Waals surface area contributed by atoms with Gasteiger partial charge in [0.1, 0.15) is 18.1 Å². The standard InChI is InChI=1S/C45H68BN11O13/c1-29(43(66)57-20-8-12-36(57)46(69)70)52-41(64)33-14-13-32(30-9-3-4-10-31(30)33)40(63)49-17-5-2-6-18-50-42(65)34(11-7-19-51-45(47)48)53-37(58)16-15-35(44(67)68)56-25-23-54(27-38(59)60)21-22-55(24-26-56)28-39(61)62/h3-4,9-10,13-14,29,34-36,69-70H,2,5-8,11-12,15-28H2,1H3,(H,49,63)(H,50,65)(H,52,64)(H,53,58)(H,59,60)(H,61,62)(H,67,68)(H4,47,48,51)/t29-,34+,35-,36+/m1/s1. The molecule has 5 amide bonds. The fourth-order valence-electron chi connectivity index (χ4n) is 8.65. The van der Waals surface area contributed by atoms with E-state index in [-0.39, 0.29) is 102 Å². The maximum absolute atomic E-state index is 13.4. The Labute approximate surface area is 406 Å². The minimum atomic E-state index is -1.68. The lowest BCUT2D eigenvalue weighted by Gasteiger charge is -2.30. The highest BCUT2D eigenvalue weighted by atomic mass is 16.4. The van der Waals surface area contributed by atoms with Crippen molar-refractivity contribution >= 4 is 71.3 Å². The summed E-state index contributed by atoms with van der Waals surface area (Å²) in [5.41, 5.74) is 11.5. The van der Waals surface area contributed by atoms with Gasteiger partial charge >= 0.3 is 25.0 Å². The van der Waals surface area contributed by atoms with Crippen LogP contribution in [-0.2, 0) is 28.8 Å². The number of carboxylic acids is 3. The number of likely N-dealkylation sites (tertiary alicyclic amines) is 1. The van der Waals surface area contributed by atoms with Crippen LogP contribution in [0.3, 0.4) is 0 Å². The van der Waals surface area contributed by atoms with Crippen molar-refractivity contribution < 1.29 is 63.7 Å². The first-order valence-corrected chi connectivity index (χ1v) is 23.6. The maximum Gasteiger partial charge on any atom is 0.475 e. The third kappa shape index (κ3) is 17.8. The number of nitrogens with two attached hydrogens (primary N) is 2. The molecule has 25 heteroatoms. The lowest BCUT2D eigenvalue weighted by Crippen LogP contribution is -2.52. The molecule has 0 saturated carbocycles. The number of fused-ring (bicyclic) bond motifs is 1. The van der Waals surface area contributed by atoms with E-state index < -0.39 is 72.7 Å². The van der Waals surface area contributed by atoms with E-state index in [0.29, 0.717) is 68.0 Å². The van der Waals surface area contributed by atoms with Crippen LogP contribution in [0.1, 0.15) is 85.4 Å². The molecule has 2 fully saturated rings. The zero-order valence-corrected chi connectivity index (χ0v) is 39.6. The molecule has 2 aromatic carbocycles. The van der Waals surface area contributed by atoms with E-state index in [9.17, 15) is 63.7 Å². The van der Waals surface area contributed by atoms with Gasteiger partial charge in [0.15, 0.2) is 5.96 Å². The number of benzene rings is 2. The Kier molecular flexibility index (Phi) is 22.7. The van der Waals surface area contributed by atoms with Crippen molar-refractivity contribution in [3.05, 3.63) is 47.5 Å². The van der Waals surface area contributed by atoms with Crippen LogP contribution in [0.15, 0.2) is 41.4 Å². The number of carboxylic acid groups (broad SMARTS) is 3. The molecule has 70 heavy (non-hydrogen) atoms. The summed E-state index contributed by atoms with van der Waals surface area (Å²) >= 11 is 0. The third-order valence-electron chi connectivity index (χ3n) is 12.3. The molecule has 384 valence electrons. The lowest BCUT2D eigenvalue weighted by molar-refractivity contribution is -0.145. The van der Waals surface area contributed by atoms with Gasteiger partial charge in [-0.1, -0.05) is 24.3 Å². The van der Waals surface area contributed by atoms with Crippen molar-refractivity contribution in [3.8, 4) is 0 Å². The maximum atomic E-state index is 13.4. The number of hydrogen-bond acceptors (Lipinski definition) is 14. The van der Waals surface area contributed by atoms with E-state index in [4.69, 9.17) is 11.5 Å². The van der Waals surface area contributed by atoms with Gasteiger partial charge in [-0.25, -0.2) is 0 Å². The quantitative estimate of drug-likeness (QED) is 0.0207. The molecule has 24 nitrogen and oxygen atoms in total. The number of nitrogens with zero attached hydrogens (tertiary/aromatic N) is 5. The number of rotatable bonds is 26. The predicted octanol–water partition coefficient (Wildman–Crippen LogP) is -2.16. The summed E-state index contributed by atoms with van der Waals surface area (Å²) in [6, 6.07) is 6.86. The second-order valence-electron chi connectivity index (χ2n) is 17.5. The number of guanidine groups is 1. The van der Waals surface area contributed by atoms with Crippen molar-refractivity contribution in [2.45, 2.75) is 88.8 Å². The first-order valence-electron chi connectivity index (χ1n) is 23.6. The summed E-state index contributed by atoms with van der Waals surface area (Å²) in [6.45, 7) is 3.29. The zero-order valence-electron chi connectivity index (χ0n) is 39.6. The second-order valence-corrected chi connectivity index (χ2v) is 17.5. The Hall–Kier alpha value is -6.41. The molecular weight excluding hydrogens is 913 g/mol. The number of nitrogens with one attached hydrogen (secondary N) is 4. The molecule has 0 spiro atoms. The number of carbonyl (C=O) groups is 8. The van der Waals surface area contributed by atoms with Crippen LogP contribution in [0.25, 0.3) is 10.8 Å². The van der Waals surface area contributed by atoms with Crippen LogP contribution in [0, 0.1) is 0 Å². The smallest absolute Gasteiger partial charge is 0.475 e. The van der Waals surface area contributed by atoms with Gasteiger partial charge in [0, 0.05) is 83.0 Å². The van der Waals surface area contributed by atoms with Crippen LogP contribution < -0.4 is 32.7 Å². The molecule has 2 saturated heterocycles. The highest BCUT2D eigenvalue weighted by Gasteiger charge is 2.39. The van der Waals surface area contributed by atoms with Gasteiger partial charge in [-0.3, -0.25) is 58.0 Å². The Bertz CT molecular complexity index is 2150. The van der Waals surface area contributed by atoms with Crippen LogP contribution >= 0.6 is 0 Å². The number of hydrogen-bond donors (Lipinski definition) is 11. The number of aliphatic imine (C=N–C) groups is 1. The first kappa shape index (κ1) is 56.2. The number of amides is 5. The first-order chi connectivity index (χ1) is 33.4. The minimum Gasteiger partial charge on any atom is -0.480 e. The van der Waals surface area contributed by atoms with Crippen LogP contribution in [0.5, 0.6) is 0 Å². The van der Waals surface area contributed by atoms with E-state index in [2.05, 4.69) is 26.3 Å². The Morgan fingerprint density at radius 2 is 1.30 bits per heavy atom. The molecule has 0 bridgehead atoms. The Morgan fingerprint density at radius 1 is 0.729 bits per heavy atom. The molecule has 0 aliphatic carbocycles. The number of carbonyl (C=O) groups excluding carboxylic acids is 5. The molecule has 2 aromatic rings. The fraction of sp³-hybridized carbons (Fsp3) is 0.578. The van der Waals surface area contributed by atoms with Gasteiger partial charge in [-0.15, -0.1) is 0 Å². The number of unbranched alkanes of at least 4 members (excludes halogenated alkanes) is 2. The van der Waals surface area contributed by atoms with E-state index in [1.54, 1.807) is 45.0 Å². The normalized spacial score (nSPS) is 17.2. The van der Waals surface area contributed by atoms with Gasteiger partial charge in [0.25, 0.3) is 11.8 Å². The van der Waals surface area contributed by atoms with Crippen LogP contribution in [-0.4, -0.2) is 208 Å². The SMILES string of the molecule is C[C@@H](NC(=O)c1ccc(C(=O)NCCCCCNC(=O)[C@H](CCCN=C(N)N)NC(=O)CC[C@H](C(=O)O)N2CCN(CC(=O)O)CCN(CC(=O)O)CC2)c2ccccc12)C(=O)N1CCC[C@H]1B(O)O. The molecule has 2 heterocycles. The Balaban J connectivity index is 1.27. The predicted molar refractivity (Wildman–Crippen MR) is 257 cm³/mol. The summed E-state index contributed by atoms with van der Waals surface area (Å²) in [5, 5.41) is 60.5. The fourth-order valence-corrected chi connectivity index (χ4v) is 8.65. The molecule has 2 aliphatic rings. The van der Waals surface area contributed by atoms with E-state index >= 15 is 0 Å². The molecule has 4 atom stereocenters. The lowest BCUT2D eigenvalue weighted by atomic mass is 9.78. The van der Waals surface area contributed by atoms with Crippen molar-refractivity contribution in [1.82, 2.24) is 40.9 Å². The summed E-state index contributed by atoms with van der Waals surface area (Å²) < 4.78 is 0.